The number of halogens is 5. The number of nitrogens with one attached hydrogen (secondary N) is 1. The average molecular weight is 458 g/mol. The summed E-state index contributed by atoms with van der Waals surface area (Å²) in [6.45, 7) is -0.0677. The van der Waals surface area contributed by atoms with Crippen molar-refractivity contribution in [2.24, 2.45) is 0 Å². The Balaban J connectivity index is 1.64. The molecule has 0 spiro atoms. The van der Waals surface area contributed by atoms with E-state index in [1.54, 1.807) is 18.2 Å². The largest absolute Gasteiger partial charge is 0.416 e. The van der Waals surface area contributed by atoms with Gasteiger partial charge in [0.15, 0.2) is 0 Å². The van der Waals surface area contributed by atoms with Crippen LogP contribution in [0.4, 0.5) is 18.0 Å². The molecule has 2 aromatic carbocycles. The summed E-state index contributed by atoms with van der Waals surface area (Å²) < 4.78 is 38.4. The van der Waals surface area contributed by atoms with Gasteiger partial charge >= 0.3 is 12.2 Å². The number of nitrogens with zero attached hydrogens (tertiary/aromatic N) is 2. The Labute approximate surface area is 180 Å². The third-order valence-corrected chi connectivity index (χ3v) is 5.11. The van der Waals surface area contributed by atoms with Crippen molar-refractivity contribution in [1.29, 1.82) is 0 Å². The molecule has 5 nitrogen and oxygen atoms in total. The number of alkyl halides is 3. The zero-order valence-corrected chi connectivity index (χ0v) is 16.9. The summed E-state index contributed by atoms with van der Waals surface area (Å²) in [5.74, 6) is -0.326. The van der Waals surface area contributed by atoms with Crippen LogP contribution in [0.2, 0.25) is 10.0 Å². The van der Waals surface area contributed by atoms with Crippen LogP contribution in [-0.2, 0) is 24.1 Å². The van der Waals surface area contributed by atoms with Crippen molar-refractivity contribution in [3.8, 4) is 0 Å². The zero-order valence-electron chi connectivity index (χ0n) is 15.4. The number of rotatable bonds is 4. The van der Waals surface area contributed by atoms with E-state index in [0.29, 0.717) is 21.2 Å². The Bertz CT molecular complexity index is 975. The van der Waals surface area contributed by atoms with Gasteiger partial charge in [-0.05, 0) is 29.8 Å². The summed E-state index contributed by atoms with van der Waals surface area (Å²) in [5, 5.41) is 3.34. The predicted molar refractivity (Wildman–Crippen MR) is 107 cm³/mol. The van der Waals surface area contributed by atoms with Crippen LogP contribution in [0.5, 0.6) is 0 Å². The molecular formula is C20H16Cl2F3N3O2. The summed E-state index contributed by atoms with van der Waals surface area (Å²) >= 11 is 12.3. The molecule has 1 N–H and O–H groups in total. The lowest BCUT2D eigenvalue weighted by Gasteiger charge is -2.31. The van der Waals surface area contributed by atoms with Crippen molar-refractivity contribution >= 4 is 35.1 Å². The first kappa shape index (κ1) is 22.0. The van der Waals surface area contributed by atoms with Crippen LogP contribution in [0.15, 0.2) is 54.7 Å². The Kier molecular flexibility index (Phi) is 6.58. The number of hydrogen-bond donors (Lipinski definition) is 1. The topological polar surface area (TPSA) is 52.7 Å². The van der Waals surface area contributed by atoms with Crippen molar-refractivity contribution in [3.05, 3.63) is 81.5 Å². The third-order valence-electron chi connectivity index (χ3n) is 4.40. The molecule has 0 unspecified atom stereocenters. The first-order valence-electron chi connectivity index (χ1n) is 8.76. The first-order chi connectivity index (χ1) is 14.1. The number of benzene rings is 2. The second-order valence-electron chi connectivity index (χ2n) is 6.52. The molecule has 0 bridgehead atoms. The van der Waals surface area contributed by atoms with Gasteiger partial charge in [-0.2, -0.15) is 13.2 Å². The molecule has 0 fully saturated rings. The SMILES string of the molecule is O=C(NCc1cccc(C(F)(F)F)c1)N1C=CC(=O)N(Cc2c(Cl)cccc2Cl)C1. The molecule has 0 radical (unpaired) electrons. The molecule has 1 heterocycles. The van der Waals surface area contributed by atoms with Crippen LogP contribution in [0.1, 0.15) is 16.7 Å². The quantitative estimate of drug-likeness (QED) is 0.699. The summed E-state index contributed by atoms with van der Waals surface area (Å²) in [6, 6.07) is 9.10. The summed E-state index contributed by atoms with van der Waals surface area (Å²) in [7, 11) is 0. The van der Waals surface area contributed by atoms with E-state index in [9.17, 15) is 22.8 Å². The fourth-order valence-electron chi connectivity index (χ4n) is 2.83. The highest BCUT2D eigenvalue weighted by molar-refractivity contribution is 6.36. The van der Waals surface area contributed by atoms with Crippen LogP contribution in [0.25, 0.3) is 0 Å². The number of amides is 3. The maximum Gasteiger partial charge on any atom is 0.416 e. The lowest BCUT2D eigenvalue weighted by molar-refractivity contribution is -0.137. The van der Waals surface area contributed by atoms with Crippen molar-refractivity contribution in [2.75, 3.05) is 6.67 Å². The van der Waals surface area contributed by atoms with Gasteiger partial charge in [0.1, 0.15) is 6.67 Å². The lowest BCUT2D eigenvalue weighted by Crippen LogP contribution is -2.47. The molecule has 2 aromatic rings. The van der Waals surface area contributed by atoms with Gasteiger partial charge in [0.2, 0.25) is 5.91 Å². The van der Waals surface area contributed by atoms with Gasteiger partial charge in [0, 0.05) is 34.4 Å². The molecule has 30 heavy (non-hydrogen) atoms. The second kappa shape index (κ2) is 8.97. The summed E-state index contributed by atoms with van der Waals surface area (Å²) in [5.41, 5.74) is 0.0595. The van der Waals surface area contributed by atoms with E-state index in [-0.39, 0.29) is 25.7 Å². The molecule has 10 heteroatoms. The predicted octanol–water partition coefficient (Wildman–Crippen LogP) is 5.04. The van der Waals surface area contributed by atoms with E-state index >= 15 is 0 Å². The van der Waals surface area contributed by atoms with Gasteiger partial charge in [-0.15, -0.1) is 0 Å². The molecule has 0 aliphatic carbocycles. The number of carbonyl (C=O) groups is 2. The maximum absolute atomic E-state index is 12.8. The highest BCUT2D eigenvalue weighted by atomic mass is 35.5. The highest BCUT2D eigenvalue weighted by Gasteiger charge is 2.30. The van der Waals surface area contributed by atoms with Gasteiger partial charge in [-0.25, -0.2) is 4.79 Å². The summed E-state index contributed by atoms with van der Waals surface area (Å²) in [6.07, 6.45) is -1.93. The third kappa shape index (κ3) is 5.25. The Morgan fingerprint density at radius 1 is 1.10 bits per heavy atom. The van der Waals surface area contributed by atoms with E-state index in [1.165, 1.54) is 34.2 Å². The number of urea groups is 1. The van der Waals surface area contributed by atoms with Crippen molar-refractivity contribution in [2.45, 2.75) is 19.3 Å². The van der Waals surface area contributed by atoms with Gasteiger partial charge in [0.05, 0.1) is 12.1 Å². The standard InChI is InChI=1S/C20H16Cl2F3N3O2/c21-16-5-2-6-17(22)15(16)11-28-12-27(8-7-18(28)29)19(30)26-10-13-3-1-4-14(9-13)20(23,24)25/h1-9H,10-12H2,(H,26,30). The molecule has 0 atom stereocenters. The van der Waals surface area contributed by atoms with Gasteiger partial charge in [0.25, 0.3) is 0 Å². The van der Waals surface area contributed by atoms with E-state index in [2.05, 4.69) is 5.32 Å². The van der Waals surface area contributed by atoms with Crippen LogP contribution in [0.3, 0.4) is 0 Å². The molecule has 0 saturated heterocycles. The van der Waals surface area contributed by atoms with Crippen LogP contribution < -0.4 is 5.32 Å². The molecule has 158 valence electrons. The van der Waals surface area contributed by atoms with Crippen molar-refractivity contribution in [1.82, 2.24) is 15.1 Å². The van der Waals surface area contributed by atoms with E-state index < -0.39 is 17.8 Å². The van der Waals surface area contributed by atoms with E-state index in [1.807, 2.05) is 0 Å². The molecule has 0 saturated carbocycles. The van der Waals surface area contributed by atoms with E-state index in [0.717, 1.165) is 12.1 Å². The van der Waals surface area contributed by atoms with Gasteiger partial charge in [-0.1, -0.05) is 41.4 Å². The Morgan fingerprint density at radius 3 is 2.43 bits per heavy atom. The molecule has 3 amide bonds. The maximum atomic E-state index is 12.8. The fraction of sp³-hybridized carbons (Fsp3) is 0.200. The zero-order chi connectivity index (χ0) is 21.9. The molecule has 1 aliphatic heterocycles. The minimum absolute atomic E-state index is 0.0642. The minimum atomic E-state index is -4.46. The van der Waals surface area contributed by atoms with Crippen molar-refractivity contribution in [3.63, 3.8) is 0 Å². The minimum Gasteiger partial charge on any atom is -0.334 e. The van der Waals surface area contributed by atoms with Crippen molar-refractivity contribution < 1.29 is 22.8 Å². The second-order valence-corrected chi connectivity index (χ2v) is 7.33. The van der Waals surface area contributed by atoms with Crippen LogP contribution in [0, 0.1) is 0 Å². The summed E-state index contributed by atoms with van der Waals surface area (Å²) in [4.78, 5) is 27.2. The highest BCUT2D eigenvalue weighted by Crippen LogP contribution is 2.29. The molecule has 0 aromatic heterocycles. The van der Waals surface area contributed by atoms with Crippen LogP contribution in [-0.4, -0.2) is 28.4 Å². The van der Waals surface area contributed by atoms with Crippen LogP contribution >= 0.6 is 23.2 Å². The fourth-order valence-corrected chi connectivity index (χ4v) is 3.35. The Hall–Kier alpha value is -2.71. The van der Waals surface area contributed by atoms with E-state index in [4.69, 9.17) is 23.2 Å². The monoisotopic (exact) mass is 457 g/mol. The molecule has 3 rings (SSSR count). The normalized spacial score (nSPS) is 14.2. The molecule has 1 aliphatic rings. The Morgan fingerprint density at radius 2 is 1.77 bits per heavy atom. The van der Waals surface area contributed by atoms with Gasteiger partial charge in [-0.3, -0.25) is 9.69 Å². The molecular weight excluding hydrogens is 442 g/mol. The smallest absolute Gasteiger partial charge is 0.334 e. The lowest BCUT2D eigenvalue weighted by atomic mass is 10.1. The number of hydrogen-bond acceptors (Lipinski definition) is 2. The average Bonchev–Trinajstić information content (AvgIpc) is 2.70. The first-order valence-corrected chi connectivity index (χ1v) is 9.51. The van der Waals surface area contributed by atoms with Gasteiger partial charge < -0.3 is 10.2 Å². The number of carbonyl (C=O) groups excluding carboxylic acids is 2.